The monoisotopic (exact) mass is 280 g/mol. The first kappa shape index (κ1) is 15.1. The zero-order valence-electron chi connectivity index (χ0n) is 12.7. The Morgan fingerprint density at radius 1 is 1.24 bits per heavy atom. The molecule has 0 saturated heterocycles. The van der Waals surface area contributed by atoms with E-state index in [9.17, 15) is 0 Å². The Morgan fingerprint density at radius 3 is 2.67 bits per heavy atom. The van der Waals surface area contributed by atoms with E-state index in [1.165, 1.54) is 11.1 Å². The molecule has 0 spiro atoms. The Hall–Kier alpha value is -2.31. The van der Waals surface area contributed by atoms with Gasteiger partial charge in [0.2, 0.25) is 0 Å². The molecule has 3 nitrogen and oxygen atoms in total. The van der Waals surface area contributed by atoms with Crippen LogP contribution in [0.25, 0.3) is 0 Å². The van der Waals surface area contributed by atoms with Crippen LogP contribution in [0.4, 0.5) is 0 Å². The van der Waals surface area contributed by atoms with Crippen molar-refractivity contribution < 1.29 is 4.74 Å². The minimum absolute atomic E-state index is 0.271. The van der Waals surface area contributed by atoms with Crippen LogP contribution in [0.5, 0.6) is 5.75 Å². The number of methoxy groups -OCH3 is 1. The van der Waals surface area contributed by atoms with Crippen LogP contribution in [0.1, 0.15) is 35.2 Å². The minimum Gasteiger partial charge on any atom is -0.495 e. The molecule has 0 heterocycles. The molecule has 2 aromatic rings. The van der Waals surface area contributed by atoms with Crippen LogP contribution < -0.4 is 10.1 Å². The highest BCUT2D eigenvalue weighted by atomic mass is 16.5. The number of nitrogens with one attached hydrogen (secondary N) is 1. The van der Waals surface area contributed by atoms with E-state index >= 15 is 0 Å². The normalized spacial score (nSPS) is 11.7. The summed E-state index contributed by atoms with van der Waals surface area (Å²) in [5.74, 6) is 0.625. The van der Waals surface area contributed by atoms with Crippen molar-refractivity contribution in [2.45, 2.75) is 26.4 Å². The number of aryl methyl sites for hydroxylation is 1. The summed E-state index contributed by atoms with van der Waals surface area (Å²) in [7, 11) is 1.59. The smallest absolute Gasteiger partial charge is 0.136 e. The second-order valence-corrected chi connectivity index (χ2v) is 5.11. The van der Waals surface area contributed by atoms with E-state index in [0.717, 1.165) is 12.1 Å². The van der Waals surface area contributed by atoms with Crippen LogP contribution in [-0.2, 0) is 6.54 Å². The van der Waals surface area contributed by atoms with E-state index in [2.05, 4.69) is 49.5 Å². The van der Waals surface area contributed by atoms with Crippen LogP contribution in [0, 0.1) is 18.3 Å². The highest BCUT2D eigenvalue weighted by Gasteiger charge is 2.08. The number of benzene rings is 2. The molecular formula is C18H20N2O. The fraction of sp³-hybridized carbons (Fsp3) is 0.278. The molecular weight excluding hydrogens is 260 g/mol. The van der Waals surface area contributed by atoms with E-state index in [1.54, 1.807) is 13.2 Å². The van der Waals surface area contributed by atoms with Crippen LogP contribution in [0.3, 0.4) is 0 Å². The molecule has 1 N–H and O–H groups in total. The Balaban J connectivity index is 2.07. The summed E-state index contributed by atoms with van der Waals surface area (Å²) in [5.41, 5.74) is 4.26. The molecule has 0 fully saturated rings. The second kappa shape index (κ2) is 6.92. The third-order valence-corrected chi connectivity index (χ3v) is 3.65. The Bertz CT molecular complexity index is 659. The molecule has 0 aliphatic heterocycles. The Kier molecular flexibility index (Phi) is 4.97. The second-order valence-electron chi connectivity index (χ2n) is 5.11. The van der Waals surface area contributed by atoms with E-state index in [-0.39, 0.29) is 6.04 Å². The molecule has 0 unspecified atom stereocenters. The molecule has 0 radical (unpaired) electrons. The topological polar surface area (TPSA) is 45.0 Å². The molecule has 1 atom stereocenters. The minimum atomic E-state index is 0.271. The first-order valence-corrected chi connectivity index (χ1v) is 7.01. The highest BCUT2D eigenvalue weighted by molar-refractivity contribution is 5.45. The van der Waals surface area contributed by atoms with Crippen molar-refractivity contribution in [2.75, 3.05) is 7.11 Å². The number of nitriles is 1. The van der Waals surface area contributed by atoms with Gasteiger partial charge in [0.15, 0.2) is 0 Å². The van der Waals surface area contributed by atoms with Gasteiger partial charge in [-0.1, -0.05) is 30.3 Å². The summed E-state index contributed by atoms with van der Waals surface area (Å²) in [6.07, 6.45) is 0. The highest BCUT2D eigenvalue weighted by Crippen LogP contribution is 2.21. The lowest BCUT2D eigenvalue weighted by atomic mass is 10.0. The maximum absolute atomic E-state index is 8.99. The molecule has 0 bridgehead atoms. The summed E-state index contributed by atoms with van der Waals surface area (Å²) in [6, 6.07) is 16.4. The first-order chi connectivity index (χ1) is 10.2. The predicted molar refractivity (Wildman–Crippen MR) is 84.1 cm³/mol. The van der Waals surface area contributed by atoms with E-state index in [1.807, 2.05) is 12.1 Å². The van der Waals surface area contributed by atoms with Gasteiger partial charge in [-0.2, -0.15) is 5.26 Å². The third-order valence-electron chi connectivity index (χ3n) is 3.65. The number of nitrogens with zero attached hydrogens (tertiary/aromatic N) is 1. The number of hydrogen-bond donors (Lipinski definition) is 1. The molecule has 108 valence electrons. The summed E-state index contributed by atoms with van der Waals surface area (Å²) in [6.45, 7) is 5.01. The average molecular weight is 280 g/mol. The van der Waals surface area contributed by atoms with Crippen LogP contribution in [0.2, 0.25) is 0 Å². The lowest BCUT2D eigenvalue weighted by Crippen LogP contribution is -2.18. The van der Waals surface area contributed by atoms with Gasteiger partial charge in [-0.15, -0.1) is 0 Å². The lowest BCUT2D eigenvalue weighted by Gasteiger charge is -2.17. The molecule has 0 aromatic heterocycles. The van der Waals surface area contributed by atoms with Gasteiger partial charge in [0.1, 0.15) is 11.8 Å². The van der Waals surface area contributed by atoms with E-state index in [0.29, 0.717) is 11.3 Å². The lowest BCUT2D eigenvalue weighted by molar-refractivity contribution is 0.412. The SMILES string of the molecule is COc1cc(CN[C@H](C)c2ccccc2C)ccc1C#N. The zero-order chi connectivity index (χ0) is 15.2. The van der Waals surface area contributed by atoms with Gasteiger partial charge in [0.25, 0.3) is 0 Å². The molecule has 21 heavy (non-hydrogen) atoms. The maximum Gasteiger partial charge on any atom is 0.136 e. The Labute approximate surface area is 126 Å². The molecule has 0 amide bonds. The fourth-order valence-corrected chi connectivity index (χ4v) is 2.39. The fourth-order valence-electron chi connectivity index (χ4n) is 2.39. The largest absolute Gasteiger partial charge is 0.495 e. The van der Waals surface area contributed by atoms with Crippen molar-refractivity contribution in [3.8, 4) is 11.8 Å². The van der Waals surface area contributed by atoms with Gasteiger partial charge < -0.3 is 10.1 Å². The van der Waals surface area contributed by atoms with E-state index in [4.69, 9.17) is 10.00 Å². The molecule has 0 saturated carbocycles. The predicted octanol–water partition coefficient (Wildman–Crippen LogP) is 3.73. The molecule has 0 aliphatic rings. The van der Waals surface area contributed by atoms with Gasteiger partial charge in [-0.3, -0.25) is 0 Å². The van der Waals surface area contributed by atoms with Crippen molar-refractivity contribution in [1.29, 1.82) is 5.26 Å². The van der Waals surface area contributed by atoms with Crippen molar-refractivity contribution in [1.82, 2.24) is 5.32 Å². The number of ether oxygens (including phenoxy) is 1. The summed E-state index contributed by atoms with van der Waals surface area (Å²) in [5, 5.41) is 12.5. The third kappa shape index (κ3) is 3.62. The van der Waals surface area contributed by atoms with Crippen LogP contribution in [0.15, 0.2) is 42.5 Å². The van der Waals surface area contributed by atoms with E-state index < -0.39 is 0 Å². The molecule has 3 heteroatoms. The summed E-state index contributed by atoms with van der Waals surface area (Å²) in [4.78, 5) is 0. The van der Waals surface area contributed by atoms with Crippen molar-refractivity contribution in [3.05, 3.63) is 64.7 Å². The van der Waals surface area contributed by atoms with Crippen molar-refractivity contribution in [3.63, 3.8) is 0 Å². The molecule has 2 aromatic carbocycles. The quantitative estimate of drug-likeness (QED) is 0.907. The van der Waals surface area contributed by atoms with Crippen LogP contribution >= 0.6 is 0 Å². The number of hydrogen-bond acceptors (Lipinski definition) is 3. The van der Waals surface area contributed by atoms with Crippen molar-refractivity contribution in [2.24, 2.45) is 0 Å². The van der Waals surface area contributed by atoms with Gasteiger partial charge in [-0.25, -0.2) is 0 Å². The maximum atomic E-state index is 8.99. The number of rotatable bonds is 5. The van der Waals surface area contributed by atoms with Crippen LogP contribution in [-0.4, -0.2) is 7.11 Å². The Morgan fingerprint density at radius 2 is 2.00 bits per heavy atom. The van der Waals surface area contributed by atoms with Crippen molar-refractivity contribution >= 4 is 0 Å². The van der Waals surface area contributed by atoms with Gasteiger partial charge >= 0.3 is 0 Å². The van der Waals surface area contributed by atoms with Gasteiger partial charge in [0, 0.05) is 12.6 Å². The van der Waals surface area contributed by atoms with Gasteiger partial charge in [-0.05, 0) is 42.7 Å². The zero-order valence-corrected chi connectivity index (χ0v) is 12.7. The van der Waals surface area contributed by atoms with Gasteiger partial charge in [0.05, 0.1) is 12.7 Å². The summed E-state index contributed by atoms with van der Waals surface area (Å²) < 4.78 is 5.24. The average Bonchev–Trinajstić information content (AvgIpc) is 2.52. The standard InChI is InChI=1S/C18H20N2O/c1-13-6-4-5-7-17(13)14(2)20-12-15-8-9-16(11-19)18(10-15)21-3/h4-10,14,20H,12H2,1-3H3/t14-/m1/s1. The molecule has 2 rings (SSSR count). The first-order valence-electron chi connectivity index (χ1n) is 7.01. The summed E-state index contributed by atoms with van der Waals surface area (Å²) >= 11 is 0. The molecule has 0 aliphatic carbocycles.